The van der Waals surface area contributed by atoms with Gasteiger partial charge in [0.15, 0.2) is 0 Å². The molecular formula is C15H16BrClFN3. The van der Waals surface area contributed by atoms with Crippen molar-refractivity contribution in [1.82, 2.24) is 9.97 Å². The molecule has 0 amide bonds. The number of aromatic nitrogens is 2. The number of hydrogen-bond donors (Lipinski definition) is 1. The monoisotopic (exact) mass is 371 g/mol. The van der Waals surface area contributed by atoms with Crippen LogP contribution in [0, 0.1) is 5.82 Å². The van der Waals surface area contributed by atoms with Crippen molar-refractivity contribution >= 4 is 33.3 Å². The van der Waals surface area contributed by atoms with Gasteiger partial charge in [-0.3, -0.25) is 0 Å². The van der Waals surface area contributed by atoms with E-state index in [9.17, 15) is 4.39 Å². The fourth-order valence-corrected chi connectivity index (χ4v) is 2.85. The van der Waals surface area contributed by atoms with Crippen molar-refractivity contribution in [3.05, 3.63) is 50.6 Å². The van der Waals surface area contributed by atoms with Gasteiger partial charge in [-0.15, -0.1) is 0 Å². The molecule has 1 aromatic heterocycles. The SMILES string of the molecule is CCCc1nc(Cc2c(F)cccc2Cl)nc(NC)c1Br. The second-order valence-corrected chi connectivity index (χ2v) is 5.83. The predicted molar refractivity (Wildman–Crippen MR) is 87.5 cm³/mol. The Morgan fingerprint density at radius 2 is 2.10 bits per heavy atom. The minimum atomic E-state index is -0.336. The van der Waals surface area contributed by atoms with Gasteiger partial charge in [-0.05, 0) is 34.5 Å². The van der Waals surface area contributed by atoms with E-state index in [1.807, 2.05) is 0 Å². The molecule has 2 aromatic rings. The van der Waals surface area contributed by atoms with Crippen molar-refractivity contribution in [2.45, 2.75) is 26.2 Å². The van der Waals surface area contributed by atoms with Gasteiger partial charge in [-0.25, -0.2) is 14.4 Å². The summed E-state index contributed by atoms with van der Waals surface area (Å²) in [5.74, 6) is 0.922. The molecule has 21 heavy (non-hydrogen) atoms. The van der Waals surface area contributed by atoms with Crippen LogP contribution in [0.3, 0.4) is 0 Å². The first-order valence-electron chi connectivity index (χ1n) is 6.72. The maximum Gasteiger partial charge on any atom is 0.144 e. The van der Waals surface area contributed by atoms with E-state index >= 15 is 0 Å². The standard InChI is InChI=1S/C15H16BrClFN3/c1-3-5-12-14(16)15(19-2)21-13(20-12)8-9-10(17)6-4-7-11(9)18/h4,6-7H,3,5,8H2,1-2H3,(H,19,20,21). The number of benzene rings is 1. The molecule has 0 aliphatic heterocycles. The first-order chi connectivity index (χ1) is 10.1. The van der Waals surface area contributed by atoms with Crippen molar-refractivity contribution in [2.24, 2.45) is 0 Å². The Morgan fingerprint density at radius 3 is 2.71 bits per heavy atom. The molecule has 0 saturated carbocycles. The second kappa shape index (κ2) is 7.18. The Labute approximate surface area is 137 Å². The lowest BCUT2D eigenvalue weighted by Crippen LogP contribution is -2.07. The minimum absolute atomic E-state index is 0.268. The summed E-state index contributed by atoms with van der Waals surface area (Å²) in [6.07, 6.45) is 2.07. The van der Waals surface area contributed by atoms with Crippen molar-refractivity contribution in [3.63, 3.8) is 0 Å². The number of rotatable bonds is 5. The van der Waals surface area contributed by atoms with E-state index in [2.05, 4.69) is 38.1 Å². The Morgan fingerprint density at radius 1 is 1.33 bits per heavy atom. The van der Waals surface area contributed by atoms with Gasteiger partial charge < -0.3 is 5.32 Å². The number of aryl methyl sites for hydroxylation is 1. The average Bonchev–Trinajstić information content (AvgIpc) is 2.46. The first kappa shape index (κ1) is 16.2. The molecule has 1 aromatic carbocycles. The van der Waals surface area contributed by atoms with E-state index in [0.717, 1.165) is 23.0 Å². The Kier molecular flexibility index (Phi) is 5.53. The Bertz CT molecular complexity index is 629. The van der Waals surface area contributed by atoms with Crippen molar-refractivity contribution in [3.8, 4) is 0 Å². The summed E-state index contributed by atoms with van der Waals surface area (Å²) in [6, 6.07) is 4.65. The Hall–Kier alpha value is -1.20. The van der Waals surface area contributed by atoms with Gasteiger partial charge in [-0.1, -0.05) is 31.0 Å². The van der Waals surface area contributed by atoms with Gasteiger partial charge in [0.05, 0.1) is 10.2 Å². The summed E-state index contributed by atoms with van der Waals surface area (Å²) < 4.78 is 14.7. The van der Waals surface area contributed by atoms with Gasteiger partial charge >= 0.3 is 0 Å². The molecule has 0 spiro atoms. The highest BCUT2D eigenvalue weighted by molar-refractivity contribution is 9.10. The van der Waals surface area contributed by atoms with E-state index in [1.54, 1.807) is 19.2 Å². The molecule has 0 aliphatic carbocycles. The quantitative estimate of drug-likeness (QED) is 0.832. The normalized spacial score (nSPS) is 10.7. The molecule has 3 nitrogen and oxygen atoms in total. The number of anilines is 1. The molecule has 112 valence electrons. The number of halogens is 3. The fraction of sp³-hybridized carbons (Fsp3) is 0.333. The smallest absolute Gasteiger partial charge is 0.144 e. The minimum Gasteiger partial charge on any atom is -0.372 e. The molecule has 0 bridgehead atoms. The maximum absolute atomic E-state index is 13.9. The van der Waals surface area contributed by atoms with Gasteiger partial charge in [-0.2, -0.15) is 0 Å². The summed E-state index contributed by atoms with van der Waals surface area (Å²) in [4.78, 5) is 8.94. The molecule has 2 rings (SSSR count). The molecule has 6 heteroatoms. The predicted octanol–water partition coefficient (Wildman–Crippen LogP) is 4.62. The zero-order valence-electron chi connectivity index (χ0n) is 11.9. The summed E-state index contributed by atoms with van der Waals surface area (Å²) in [6.45, 7) is 2.08. The molecule has 0 aliphatic rings. The largest absolute Gasteiger partial charge is 0.372 e. The number of hydrogen-bond acceptors (Lipinski definition) is 3. The lowest BCUT2D eigenvalue weighted by molar-refractivity contribution is 0.612. The molecule has 0 saturated heterocycles. The highest BCUT2D eigenvalue weighted by atomic mass is 79.9. The molecule has 1 N–H and O–H groups in total. The zero-order valence-corrected chi connectivity index (χ0v) is 14.2. The molecule has 0 fully saturated rings. The third kappa shape index (κ3) is 3.71. The highest BCUT2D eigenvalue weighted by Crippen LogP contribution is 2.27. The van der Waals surface area contributed by atoms with Crippen LogP contribution in [0.15, 0.2) is 22.7 Å². The van der Waals surface area contributed by atoms with Crippen LogP contribution >= 0.6 is 27.5 Å². The van der Waals surface area contributed by atoms with Gasteiger partial charge in [0.25, 0.3) is 0 Å². The van der Waals surface area contributed by atoms with E-state index in [0.29, 0.717) is 22.2 Å². The van der Waals surface area contributed by atoms with Gasteiger partial charge in [0.1, 0.15) is 17.5 Å². The Balaban J connectivity index is 2.42. The van der Waals surface area contributed by atoms with Crippen LogP contribution in [0.4, 0.5) is 10.2 Å². The van der Waals surface area contributed by atoms with Crippen LogP contribution in [0.2, 0.25) is 5.02 Å². The van der Waals surface area contributed by atoms with E-state index < -0.39 is 0 Å². The summed E-state index contributed by atoms with van der Waals surface area (Å²) in [7, 11) is 1.79. The van der Waals surface area contributed by atoms with E-state index in [1.165, 1.54) is 6.07 Å². The summed E-state index contributed by atoms with van der Waals surface area (Å²) in [5.41, 5.74) is 1.34. The second-order valence-electron chi connectivity index (χ2n) is 4.63. The highest BCUT2D eigenvalue weighted by Gasteiger charge is 2.14. The maximum atomic E-state index is 13.9. The lowest BCUT2D eigenvalue weighted by Gasteiger charge is -2.11. The van der Waals surface area contributed by atoms with Crippen LogP contribution < -0.4 is 5.32 Å². The third-order valence-corrected chi connectivity index (χ3v) is 4.27. The molecule has 1 heterocycles. The fourth-order valence-electron chi connectivity index (χ4n) is 2.05. The lowest BCUT2D eigenvalue weighted by atomic mass is 10.1. The molecular weight excluding hydrogens is 357 g/mol. The number of nitrogens with one attached hydrogen (secondary N) is 1. The van der Waals surface area contributed by atoms with E-state index in [4.69, 9.17) is 11.6 Å². The van der Waals surface area contributed by atoms with Crippen LogP contribution in [-0.2, 0) is 12.8 Å². The van der Waals surface area contributed by atoms with Crippen molar-refractivity contribution in [2.75, 3.05) is 12.4 Å². The van der Waals surface area contributed by atoms with Crippen LogP contribution in [0.5, 0.6) is 0 Å². The van der Waals surface area contributed by atoms with Crippen molar-refractivity contribution < 1.29 is 4.39 Å². The van der Waals surface area contributed by atoms with Crippen LogP contribution in [0.1, 0.15) is 30.4 Å². The molecule has 0 radical (unpaired) electrons. The van der Waals surface area contributed by atoms with Crippen molar-refractivity contribution in [1.29, 1.82) is 0 Å². The van der Waals surface area contributed by atoms with Crippen LogP contribution in [0.25, 0.3) is 0 Å². The van der Waals surface area contributed by atoms with Crippen LogP contribution in [-0.4, -0.2) is 17.0 Å². The molecule has 0 atom stereocenters. The molecule has 0 unspecified atom stereocenters. The first-order valence-corrected chi connectivity index (χ1v) is 7.89. The number of nitrogens with zero attached hydrogens (tertiary/aromatic N) is 2. The zero-order chi connectivity index (χ0) is 15.4. The average molecular weight is 373 g/mol. The summed E-state index contributed by atoms with van der Waals surface area (Å²) >= 11 is 9.57. The van der Waals surface area contributed by atoms with Gasteiger partial charge in [0, 0.05) is 24.1 Å². The topological polar surface area (TPSA) is 37.8 Å². The van der Waals surface area contributed by atoms with Gasteiger partial charge in [0.2, 0.25) is 0 Å². The van der Waals surface area contributed by atoms with E-state index in [-0.39, 0.29) is 12.2 Å². The third-order valence-electron chi connectivity index (χ3n) is 3.09. The summed E-state index contributed by atoms with van der Waals surface area (Å²) in [5, 5.41) is 3.42.